The van der Waals surface area contributed by atoms with E-state index < -0.39 is 0 Å². The van der Waals surface area contributed by atoms with Crippen LogP contribution in [-0.2, 0) is 0 Å². The number of aryl methyl sites for hydroxylation is 1. The zero-order chi connectivity index (χ0) is 13.7. The summed E-state index contributed by atoms with van der Waals surface area (Å²) in [6.45, 7) is 6.27. The molecule has 3 heterocycles. The molecule has 2 saturated heterocycles. The SMILES string of the molecule is C=C1CC2CCC(C1)N2c1nc2ccccc2nc1C. The highest BCUT2D eigenvalue weighted by Gasteiger charge is 2.39. The topological polar surface area (TPSA) is 29.0 Å². The van der Waals surface area contributed by atoms with Crippen molar-refractivity contribution in [3.05, 3.63) is 42.1 Å². The molecule has 102 valence electrons. The molecule has 3 nitrogen and oxygen atoms in total. The Kier molecular flexibility index (Phi) is 2.56. The summed E-state index contributed by atoms with van der Waals surface area (Å²) >= 11 is 0. The quantitative estimate of drug-likeness (QED) is 0.737. The van der Waals surface area contributed by atoms with Gasteiger partial charge in [-0.2, -0.15) is 0 Å². The molecule has 0 N–H and O–H groups in total. The van der Waals surface area contributed by atoms with Gasteiger partial charge in [-0.15, -0.1) is 0 Å². The molecule has 2 fully saturated rings. The average molecular weight is 265 g/mol. The summed E-state index contributed by atoms with van der Waals surface area (Å²) in [6.07, 6.45) is 4.75. The summed E-state index contributed by atoms with van der Waals surface area (Å²) in [5.74, 6) is 1.09. The Morgan fingerprint density at radius 1 is 1.05 bits per heavy atom. The molecule has 2 aliphatic rings. The number of hydrogen-bond acceptors (Lipinski definition) is 3. The van der Waals surface area contributed by atoms with E-state index in [9.17, 15) is 0 Å². The Labute approximate surface area is 119 Å². The fourth-order valence-corrected chi connectivity index (χ4v) is 3.78. The van der Waals surface area contributed by atoms with E-state index >= 15 is 0 Å². The number of benzene rings is 1. The Morgan fingerprint density at radius 2 is 1.65 bits per heavy atom. The van der Waals surface area contributed by atoms with Crippen molar-refractivity contribution in [2.24, 2.45) is 0 Å². The van der Waals surface area contributed by atoms with Crippen LogP contribution in [0.4, 0.5) is 5.82 Å². The number of piperidine rings is 1. The lowest BCUT2D eigenvalue weighted by atomic mass is 9.98. The van der Waals surface area contributed by atoms with Crippen LogP contribution in [0.5, 0.6) is 0 Å². The molecule has 2 aliphatic heterocycles. The van der Waals surface area contributed by atoms with Gasteiger partial charge in [-0.1, -0.05) is 24.3 Å². The van der Waals surface area contributed by atoms with Crippen LogP contribution in [0, 0.1) is 6.92 Å². The maximum absolute atomic E-state index is 4.90. The van der Waals surface area contributed by atoms with Crippen LogP contribution in [0.15, 0.2) is 36.4 Å². The number of nitrogens with zero attached hydrogens (tertiary/aromatic N) is 3. The van der Waals surface area contributed by atoms with E-state index in [2.05, 4.69) is 24.5 Å². The fraction of sp³-hybridized carbons (Fsp3) is 0.412. The third kappa shape index (κ3) is 1.73. The molecule has 2 atom stereocenters. The first-order chi connectivity index (χ1) is 9.72. The monoisotopic (exact) mass is 265 g/mol. The molecule has 2 aromatic rings. The molecule has 0 amide bonds. The molecule has 4 rings (SSSR count). The number of fused-ring (bicyclic) bond motifs is 3. The number of anilines is 1. The maximum atomic E-state index is 4.90. The minimum absolute atomic E-state index is 0.579. The van der Waals surface area contributed by atoms with Gasteiger partial charge in [0.1, 0.15) is 0 Å². The van der Waals surface area contributed by atoms with Gasteiger partial charge in [-0.25, -0.2) is 9.97 Å². The minimum atomic E-state index is 0.579. The smallest absolute Gasteiger partial charge is 0.151 e. The predicted octanol–water partition coefficient (Wildman–Crippen LogP) is 3.63. The summed E-state index contributed by atoms with van der Waals surface area (Å²) in [6, 6.07) is 9.29. The highest BCUT2D eigenvalue weighted by Crippen LogP contribution is 2.41. The number of rotatable bonds is 1. The predicted molar refractivity (Wildman–Crippen MR) is 81.9 cm³/mol. The summed E-state index contributed by atoms with van der Waals surface area (Å²) in [4.78, 5) is 12.2. The molecule has 1 aromatic heterocycles. The van der Waals surface area contributed by atoms with Crippen LogP contribution in [0.25, 0.3) is 11.0 Å². The van der Waals surface area contributed by atoms with Gasteiger partial charge >= 0.3 is 0 Å². The van der Waals surface area contributed by atoms with Gasteiger partial charge in [0, 0.05) is 12.1 Å². The van der Waals surface area contributed by atoms with E-state index in [0.717, 1.165) is 35.4 Å². The van der Waals surface area contributed by atoms with Crippen LogP contribution >= 0.6 is 0 Å². The third-order valence-corrected chi connectivity index (χ3v) is 4.63. The minimum Gasteiger partial charge on any atom is -0.348 e. The maximum Gasteiger partial charge on any atom is 0.151 e. The van der Waals surface area contributed by atoms with Crippen molar-refractivity contribution in [2.45, 2.75) is 44.7 Å². The van der Waals surface area contributed by atoms with Crippen molar-refractivity contribution >= 4 is 16.9 Å². The van der Waals surface area contributed by atoms with Crippen molar-refractivity contribution in [2.75, 3.05) is 4.90 Å². The Bertz CT molecular complexity index is 676. The van der Waals surface area contributed by atoms with Gasteiger partial charge in [0.05, 0.1) is 16.7 Å². The molecule has 20 heavy (non-hydrogen) atoms. The molecule has 0 aliphatic carbocycles. The van der Waals surface area contributed by atoms with Crippen molar-refractivity contribution in [1.29, 1.82) is 0 Å². The van der Waals surface area contributed by atoms with Crippen LogP contribution in [-0.4, -0.2) is 22.1 Å². The first kappa shape index (κ1) is 11.9. The molecule has 2 bridgehead atoms. The van der Waals surface area contributed by atoms with Crippen molar-refractivity contribution in [3.8, 4) is 0 Å². The van der Waals surface area contributed by atoms with Crippen LogP contribution < -0.4 is 4.90 Å². The molecule has 0 spiro atoms. The lowest BCUT2D eigenvalue weighted by molar-refractivity contribution is 0.544. The largest absolute Gasteiger partial charge is 0.348 e. The van der Waals surface area contributed by atoms with Gasteiger partial charge < -0.3 is 4.90 Å². The highest BCUT2D eigenvalue weighted by molar-refractivity contribution is 5.76. The molecule has 0 saturated carbocycles. The lowest BCUT2D eigenvalue weighted by Gasteiger charge is -2.37. The Balaban J connectivity index is 1.82. The van der Waals surface area contributed by atoms with Gasteiger partial charge in [0.2, 0.25) is 0 Å². The van der Waals surface area contributed by atoms with Crippen molar-refractivity contribution < 1.29 is 0 Å². The van der Waals surface area contributed by atoms with E-state index in [0.29, 0.717) is 12.1 Å². The van der Waals surface area contributed by atoms with E-state index in [1.165, 1.54) is 18.4 Å². The van der Waals surface area contributed by atoms with Crippen LogP contribution in [0.1, 0.15) is 31.4 Å². The fourth-order valence-electron chi connectivity index (χ4n) is 3.78. The zero-order valence-electron chi connectivity index (χ0n) is 11.8. The number of para-hydroxylation sites is 2. The zero-order valence-corrected chi connectivity index (χ0v) is 11.8. The molecular weight excluding hydrogens is 246 g/mol. The summed E-state index contributed by atoms with van der Waals surface area (Å²) in [5.41, 5.74) is 4.44. The van der Waals surface area contributed by atoms with Crippen LogP contribution in [0.3, 0.4) is 0 Å². The molecular formula is C17H19N3. The van der Waals surface area contributed by atoms with Gasteiger partial charge in [-0.3, -0.25) is 0 Å². The summed E-state index contributed by atoms with van der Waals surface area (Å²) in [5, 5.41) is 0. The summed E-state index contributed by atoms with van der Waals surface area (Å²) < 4.78 is 0. The Hall–Kier alpha value is -1.90. The van der Waals surface area contributed by atoms with Crippen LogP contribution in [0.2, 0.25) is 0 Å². The second kappa shape index (κ2) is 4.30. The second-order valence-corrected chi connectivity index (χ2v) is 6.07. The van der Waals surface area contributed by atoms with Gasteiger partial charge in [0.15, 0.2) is 5.82 Å². The van der Waals surface area contributed by atoms with E-state index in [1.807, 2.05) is 18.2 Å². The first-order valence-electron chi connectivity index (χ1n) is 7.41. The molecule has 0 radical (unpaired) electrons. The highest BCUT2D eigenvalue weighted by atomic mass is 15.3. The van der Waals surface area contributed by atoms with Crippen molar-refractivity contribution in [3.63, 3.8) is 0 Å². The average Bonchev–Trinajstić information content (AvgIpc) is 2.70. The van der Waals surface area contributed by atoms with E-state index in [1.54, 1.807) is 0 Å². The lowest BCUT2D eigenvalue weighted by Crippen LogP contribution is -2.41. The molecule has 2 unspecified atom stereocenters. The Morgan fingerprint density at radius 3 is 2.30 bits per heavy atom. The van der Waals surface area contributed by atoms with Gasteiger partial charge in [-0.05, 0) is 44.7 Å². The molecule has 1 aromatic carbocycles. The normalized spacial score (nSPS) is 25.4. The van der Waals surface area contributed by atoms with E-state index in [-0.39, 0.29) is 0 Å². The number of hydrogen-bond donors (Lipinski definition) is 0. The first-order valence-corrected chi connectivity index (χ1v) is 7.41. The number of aromatic nitrogens is 2. The van der Waals surface area contributed by atoms with E-state index in [4.69, 9.17) is 9.97 Å². The van der Waals surface area contributed by atoms with Crippen molar-refractivity contribution in [1.82, 2.24) is 9.97 Å². The molecule has 3 heteroatoms. The second-order valence-electron chi connectivity index (χ2n) is 6.07. The summed E-state index contributed by atoms with van der Waals surface area (Å²) in [7, 11) is 0. The van der Waals surface area contributed by atoms with Gasteiger partial charge in [0.25, 0.3) is 0 Å². The third-order valence-electron chi connectivity index (χ3n) is 4.63. The standard InChI is InChI=1S/C17H19N3/c1-11-9-13-7-8-14(10-11)20(13)17-12(2)18-15-5-3-4-6-16(15)19-17/h3-6,13-14H,1,7-10H2,2H3.